The highest BCUT2D eigenvalue weighted by Crippen LogP contribution is 2.40. The van der Waals surface area contributed by atoms with Crippen LogP contribution in [0.3, 0.4) is 0 Å². The summed E-state index contributed by atoms with van der Waals surface area (Å²) in [6.07, 6.45) is -1.29. The number of aliphatic imine (C=N–C) groups is 2. The monoisotopic (exact) mass is 471 g/mol. The molecule has 1 aliphatic heterocycles. The third kappa shape index (κ3) is 4.57. The first kappa shape index (κ1) is 23.2. The number of alkyl halides is 3. The van der Waals surface area contributed by atoms with Gasteiger partial charge in [0.25, 0.3) is 0 Å². The van der Waals surface area contributed by atoms with Crippen LogP contribution in [0.1, 0.15) is 24.5 Å². The molecule has 0 amide bonds. The third-order valence-electron chi connectivity index (χ3n) is 5.24. The van der Waals surface area contributed by atoms with Crippen LogP contribution in [0.5, 0.6) is 5.75 Å². The van der Waals surface area contributed by atoms with Crippen molar-refractivity contribution < 1.29 is 22.3 Å². The zero-order valence-corrected chi connectivity index (χ0v) is 18.1. The van der Waals surface area contributed by atoms with Crippen LogP contribution < -0.4 is 15.8 Å². The Bertz CT molecular complexity index is 1240. The summed E-state index contributed by atoms with van der Waals surface area (Å²) < 4.78 is 56.4. The second-order valence-electron chi connectivity index (χ2n) is 7.57. The van der Waals surface area contributed by atoms with E-state index in [1.54, 1.807) is 24.3 Å². The highest BCUT2D eigenvalue weighted by molar-refractivity contribution is 6.12. The molecule has 1 aromatic heterocycles. The van der Waals surface area contributed by atoms with E-state index in [-0.39, 0.29) is 11.7 Å². The molecule has 1 unspecified atom stereocenters. The molecule has 1 atom stereocenters. The molecule has 3 aromatic rings. The summed E-state index contributed by atoms with van der Waals surface area (Å²) in [5.74, 6) is -0.293. The fraction of sp³-hybridized carbons (Fsp3) is 0.208. The minimum absolute atomic E-state index is 0.100. The number of aromatic nitrogens is 1. The summed E-state index contributed by atoms with van der Waals surface area (Å²) in [5.41, 5.74) is 6.73. The number of nitrogens with two attached hydrogens (primary N) is 1. The quantitative estimate of drug-likeness (QED) is 0.508. The van der Waals surface area contributed by atoms with E-state index in [1.807, 2.05) is 6.92 Å². The molecule has 34 heavy (non-hydrogen) atoms. The lowest BCUT2D eigenvalue weighted by Gasteiger charge is -2.28. The molecular formula is C24H21F4N5O. The SMILES string of the molecule is CCCN=C1NC(N)=NC1(c1ccc(OC(F)(F)F)cc1)c1cccc(-c2cnccc2F)c1. The fourth-order valence-corrected chi connectivity index (χ4v) is 3.82. The van der Waals surface area contributed by atoms with E-state index >= 15 is 0 Å². The molecule has 4 rings (SSSR count). The van der Waals surface area contributed by atoms with Gasteiger partial charge in [-0.25, -0.2) is 9.38 Å². The van der Waals surface area contributed by atoms with Crippen molar-refractivity contribution in [3.05, 3.63) is 83.9 Å². The number of halogens is 4. The smallest absolute Gasteiger partial charge is 0.406 e. The molecule has 2 heterocycles. The van der Waals surface area contributed by atoms with Crippen LogP contribution in [-0.2, 0) is 5.54 Å². The van der Waals surface area contributed by atoms with Crippen molar-refractivity contribution in [2.75, 3.05) is 6.54 Å². The topological polar surface area (TPSA) is 84.9 Å². The maximum absolute atomic E-state index is 14.5. The lowest BCUT2D eigenvalue weighted by molar-refractivity contribution is -0.274. The molecule has 0 fully saturated rings. The van der Waals surface area contributed by atoms with E-state index in [0.29, 0.717) is 34.6 Å². The van der Waals surface area contributed by atoms with Gasteiger partial charge in [0.1, 0.15) is 17.4 Å². The molecule has 3 N–H and O–H groups in total. The van der Waals surface area contributed by atoms with Crippen LogP contribution in [-0.4, -0.2) is 29.7 Å². The Labute approximate surface area is 193 Å². The Hall–Kier alpha value is -3.95. The number of amidine groups is 1. The van der Waals surface area contributed by atoms with E-state index in [2.05, 4.69) is 25.0 Å². The van der Waals surface area contributed by atoms with Gasteiger partial charge < -0.3 is 15.8 Å². The maximum atomic E-state index is 14.5. The number of benzene rings is 2. The molecule has 0 saturated heterocycles. The predicted octanol–water partition coefficient (Wildman–Crippen LogP) is 4.76. The zero-order valence-electron chi connectivity index (χ0n) is 18.1. The van der Waals surface area contributed by atoms with Crippen LogP contribution >= 0.6 is 0 Å². The number of ether oxygens (including phenoxy) is 1. The summed E-state index contributed by atoms with van der Waals surface area (Å²) in [6.45, 7) is 2.43. The number of guanidine groups is 1. The average Bonchev–Trinajstić information content (AvgIpc) is 3.14. The van der Waals surface area contributed by atoms with Gasteiger partial charge in [-0.15, -0.1) is 13.2 Å². The number of rotatable bonds is 6. The van der Waals surface area contributed by atoms with Gasteiger partial charge in [0.2, 0.25) is 0 Å². The summed E-state index contributed by atoms with van der Waals surface area (Å²) in [7, 11) is 0. The standard InChI is InChI=1S/C24H21F4N5O/c1-2-11-31-21-23(33-22(29)32-21,16-6-8-18(9-7-16)34-24(26,27)28)17-5-3-4-15(13-17)19-14-30-12-10-20(19)25/h3-10,12-14H,2,11H2,1H3,(H3,29,31,32,33). The van der Waals surface area contributed by atoms with Crippen molar-refractivity contribution in [1.29, 1.82) is 0 Å². The number of nitrogens with one attached hydrogen (secondary N) is 1. The average molecular weight is 471 g/mol. The molecule has 0 bridgehead atoms. The molecule has 2 aromatic carbocycles. The van der Waals surface area contributed by atoms with Gasteiger partial charge >= 0.3 is 6.36 Å². The first-order valence-electron chi connectivity index (χ1n) is 10.5. The molecule has 1 aliphatic rings. The highest BCUT2D eigenvalue weighted by atomic mass is 19.4. The second kappa shape index (κ2) is 9.12. The lowest BCUT2D eigenvalue weighted by atomic mass is 9.81. The van der Waals surface area contributed by atoms with E-state index in [1.165, 1.54) is 42.7 Å². The molecule has 0 saturated carbocycles. The molecule has 6 nitrogen and oxygen atoms in total. The van der Waals surface area contributed by atoms with Crippen LogP contribution in [0.25, 0.3) is 11.1 Å². The summed E-state index contributed by atoms with van der Waals surface area (Å²) in [5, 5.41) is 2.98. The minimum Gasteiger partial charge on any atom is -0.406 e. The fourth-order valence-electron chi connectivity index (χ4n) is 3.82. The maximum Gasteiger partial charge on any atom is 0.573 e. The first-order valence-corrected chi connectivity index (χ1v) is 10.5. The zero-order chi connectivity index (χ0) is 24.3. The van der Waals surface area contributed by atoms with Crippen molar-refractivity contribution in [2.45, 2.75) is 25.2 Å². The van der Waals surface area contributed by atoms with Crippen molar-refractivity contribution in [2.24, 2.45) is 15.7 Å². The van der Waals surface area contributed by atoms with Crippen molar-refractivity contribution in [3.8, 4) is 16.9 Å². The number of nitrogens with zero attached hydrogens (tertiary/aromatic N) is 3. The largest absolute Gasteiger partial charge is 0.573 e. The Balaban J connectivity index is 1.88. The van der Waals surface area contributed by atoms with E-state index < -0.39 is 17.7 Å². The van der Waals surface area contributed by atoms with Crippen molar-refractivity contribution in [1.82, 2.24) is 10.3 Å². The van der Waals surface area contributed by atoms with Gasteiger partial charge in [0.15, 0.2) is 11.5 Å². The molecule has 0 aliphatic carbocycles. The van der Waals surface area contributed by atoms with Gasteiger partial charge in [-0.1, -0.05) is 37.3 Å². The summed E-state index contributed by atoms with van der Waals surface area (Å²) in [4.78, 5) is 13.3. The lowest BCUT2D eigenvalue weighted by Crippen LogP contribution is -2.40. The Morgan fingerprint density at radius 1 is 1.09 bits per heavy atom. The number of hydrogen-bond acceptors (Lipinski definition) is 5. The van der Waals surface area contributed by atoms with Gasteiger partial charge in [0, 0.05) is 24.5 Å². The van der Waals surface area contributed by atoms with E-state index in [9.17, 15) is 17.6 Å². The van der Waals surface area contributed by atoms with Crippen LogP contribution in [0, 0.1) is 5.82 Å². The first-order chi connectivity index (χ1) is 16.2. The minimum atomic E-state index is -4.81. The van der Waals surface area contributed by atoms with Gasteiger partial charge in [-0.2, -0.15) is 0 Å². The Kier molecular flexibility index (Phi) is 6.23. The van der Waals surface area contributed by atoms with Crippen LogP contribution in [0.4, 0.5) is 17.6 Å². The van der Waals surface area contributed by atoms with Gasteiger partial charge in [-0.3, -0.25) is 9.98 Å². The van der Waals surface area contributed by atoms with Gasteiger partial charge in [0.05, 0.1) is 0 Å². The number of pyridine rings is 1. The van der Waals surface area contributed by atoms with E-state index in [0.717, 1.165) is 6.42 Å². The van der Waals surface area contributed by atoms with Crippen LogP contribution in [0.15, 0.2) is 77.0 Å². The highest BCUT2D eigenvalue weighted by Gasteiger charge is 2.45. The normalized spacial score (nSPS) is 19.1. The second-order valence-corrected chi connectivity index (χ2v) is 7.57. The molecular weight excluding hydrogens is 450 g/mol. The summed E-state index contributed by atoms with van der Waals surface area (Å²) >= 11 is 0. The molecule has 0 spiro atoms. The predicted molar refractivity (Wildman–Crippen MR) is 121 cm³/mol. The van der Waals surface area contributed by atoms with Crippen LogP contribution in [0.2, 0.25) is 0 Å². The number of hydrogen-bond donors (Lipinski definition) is 2. The Morgan fingerprint density at radius 3 is 2.53 bits per heavy atom. The van der Waals surface area contributed by atoms with Crippen molar-refractivity contribution in [3.63, 3.8) is 0 Å². The van der Waals surface area contributed by atoms with Crippen molar-refractivity contribution >= 4 is 11.8 Å². The third-order valence-corrected chi connectivity index (χ3v) is 5.24. The Morgan fingerprint density at radius 2 is 1.85 bits per heavy atom. The molecule has 176 valence electrons. The van der Waals surface area contributed by atoms with Gasteiger partial charge in [-0.05, 0) is 47.4 Å². The summed E-state index contributed by atoms with van der Waals surface area (Å²) in [6, 6.07) is 13.6. The van der Waals surface area contributed by atoms with E-state index in [4.69, 9.17) is 5.73 Å². The molecule has 0 radical (unpaired) electrons. The molecule has 10 heteroatoms.